The summed E-state index contributed by atoms with van der Waals surface area (Å²) in [6.07, 6.45) is 2.19. The Balaban J connectivity index is 1.47. The molecule has 1 aromatic carbocycles. The van der Waals surface area contributed by atoms with Crippen LogP contribution >= 0.6 is 0 Å². The van der Waals surface area contributed by atoms with E-state index >= 15 is 0 Å². The van der Waals surface area contributed by atoms with Gasteiger partial charge >= 0.3 is 0 Å². The Bertz CT molecular complexity index is 1130. The van der Waals surface area contributed by atoms with Crippen LogP contribution in [0.4, 0.5) is 5.69 Å². The van der Waals surface area contributed by atoms with E-state index in [9.17, 15) is 5.11 Å². The third-order valence-corrected chi connectivity index (χ3v) is 6.45. The molecule has 182 valence electrons. The molecule has 2 aromatic heterocycles. The van der Waals surface area contributed by atoms with Gasteiger partial charge in [-0.1, -0.05) is 12.1 Å². The third-order valence-electron chi connectivity index (χ3n) is 6.45. The number of nitrogens with one attached hydrogen (secondary N) is 2. The van der Waals surface area contributed by atoms with Gasteiger partial charge in [0.05, 0.1) is 36.5 Å². The number of rotatable bonds is 9. The molecule has 2 aliphatic rings. The molecule has 0 spiro atoms. The number of benzene rings is 1. The first-order valence-corrected chi connectivity index (χ1v) is 12.0. The number of likely N-dealkylation sites (N-methyl/N-ethyl adjacent to an activating group) is 1. The number of hydrogen-bond donors (Lipinski definition) is 3. The van der Waals surface area contributed by atoms with E-state index in [0.717, 1.165) is 41.0 Å². The number of pyridine rings is 1. The molecule has 2 aliphatic heterocycles. The highest BCUT2D eigenvalue weighted by atomic mass is 16.7. The average Bonchev–Trinajstić information content (AvgIpc) is 3.55. The maximum Gasteiger partial charge on any atom is 0.162 e. The highest BCUT2D eigenvalue weighted by molar-refractivity contribution is 5.92. The lowest BCUT2D eigenvalue weighted by Gasteiger charge is -2.19. The minimum atomic E-state index is -0.573. The van der Waals surface area contributed by atoms with Crippen LogP contribution in [0.1, 0.15) is 26.3 Å². The molecular formula is C25H33N5O4. The summed E-state index contributed by atoms with van der Waals surface area (Å²) in [5.41, 5.74) is 3.59. The molecule has 0 saturated carbocycles. The van der Waals surface area contributed by atoms with Crippen molar-refractivity contribution in [2.24, 2.45) is 5.92 Å². The lowest BCUT2D eigenvalue weighted by molar-refractivity contribution is -0.0904. The number of ether oxygens (including phenoxy) is 3. The molecule has 0 bridgehead atoms. The highest BCUT2D eigenvalue weighted by Gasteiger charge is 2.41. The zero-order valence-corrected chi connectivity index (χ0v) is 19.9. The molecule has 34 heavy (non-hydrogen) atoms. The Kier molecular flexibility index (Phi) is 6.69. The van der Waals surface area contributed by atoms with Gasteiger partial charge in [-0.05, 0) is 45.5 Å². The predicted octanol–water partition coefficient (Wildman–Crippen LogP) is 2.81. The Hall–Kier alpha value is -2.72. The van der Waals surface area contributed by atoms with E-state index in [0.29, 0.717) is 24.8 Å². The molecular weight excluding hydrogens is 434 g/mol. The van der Waals surface area contributed by atoms with E-state index < -0.39 is 6.10 Å². The van der Waals surface area contributed by atoms with Gasteiger partial charge in [0.2, 0.25) is 0 Å². The van der Waals surface area contributed by atoms with E-state index in [2.05, 4.69) is 35.6 Å². The van der Waals surface area contributed by atoms with Crippen LogP contribution in [-0.2, 0) is 9.47 Å². The first-order chi connectivity index (χ1) is 16.5. The lowest BCUT2D eigenvalue weighted by atomic mass is 10.00. The van der Waals surface area contributed by atoms with Gasteiger partial charge in [-0.3, -0.25) is 0 Å². The number of aliphatic hydroxyl groups is 1. The topological polar surface area (TPSA) is 103 Å². The summed E-state index contributed by atoms with van der Waals surface area (Å²) in [6, 6.07) is 10.2. The average molecular weight is 468 g/mol. The Labute approximate surface area is 199 Å². The second kappa shape index (κ2) is 9.87. The minimum absolute atomic E-state index is 0.111. The smallest absolute Gasteiger partial charge is 0.162 e. The molecule has 0 amide bonds. The summed E-state index contributed by atoms with van der Waals surface area (Å²) in [5, 5.41) is 22.2. The van der Waals surface area contributed by atoms with Crippen LogP contribution in [0.15, 0.2) is 36.5 Å². The molecule has 3 N–H and O–H groups in total. The summed E-state index contributed by atoms with van der Waals surface area (Å²) < 4.78 is 19.3. The van der Waals surface area contributed by atoms with Crippen molar-refractivity contribution in [2.75, 3.05) is 38.7 Å². The maximum absolute atomic E-state index is 9.97. The van der Waals surface area contributed by atoms with E-state index in [1.54, 1.807) is 7.05 Å². The third kappa shape index (κ3) is 4.61. The number of nitrogens with zero attached hydrogens (tertiary/aromatic N) is 3. The van der Waals surface area contributed by atoms with Gasteiger partial charge in [0.25, 0.3) is 0 Å². The van der Waals surface area contributed by atoms with Crippen molar-refractivity contribution in [1.29, 1.82) is 0 Å². The Morgan fingerprint density at radius 3 is 2.97 bits per heavy atom. The van der Waals surface area contributed by atoms with Crippen LogP contribution in [0.25, 0.3) is 22.3 Å². The van der Waals surface area contributed by atoms with Gasteiger partial charge in [0.1, 0.15) is 18.5 Å². The van der Waals surface area contributed by atoms with Crippen molar-refractivity contribution in [2.45, 2.75) is 44.7 Å². The standard InChI is InChI=1S/C25H33N5O4/c1-15(2)30-24-20(12-27-30)22(28-23-14-34-25-19(23)7-8-32-25)10-21(29-24)16-5-4-6-18(9-16)33-13-17(31)11-26-3/h4-6,9-10,12,15,17,19,23,25-26,31H,7-8,11,13-14H2,1-3H3,(H,28,29). The molecule has 0 radical (unpaired) electrons. The van der Waals surface area contributed by atoms with Crippen molar-refractivity contribution < 1.29 is 19.3 Å². The van der Waals surface area contributed by atoms with Crippen molar-refractivity contribution in [3.05, 3.63) is 36.5 Å². The molecule has 9 nitrogen and oxygen atoms in total. The van der Waals surface area contributed by atoms with Gasteiger partial charge in [-0.2, -0.15) is 5.10 Å². The largest absolute Gasteiger partial charge is 0.491 e. The van der Waals surface area contributed by atoms with Gasteiger partial charge in [-0.15, -0.1) is 0 Å². The number of aromatic nitrogens is 3. The first-order valence-electron chi connectivity index (χ1n) is 12.0. The van der Waals surface area contributed by atoms with Crippen molar-refractivity contribution in [3.8, 4) is 17.0 Å². The second-order valence-electron chi connectivity index (χ2n) is 9.30. The number of fused-ring (bicyclic) bond motifs is 2. The number of hydrogen-bond acceptors (Lipinski definition) is 8. The molecule has 9 heteroatoms. The second-order valence-corrected chi connectivity index (χ2v) is 9.30. The molecule has 4 unspecified atom stereocenters. The van der Waals surface area contributed by atoms with Crippen LogP contribution in [0, 0.1) is 5.92 Å². The molecule has 2 fully saturated rings. The highest BCUT2D eigenvalue weighted by Crippen LogP contribution is 2.36. The fourth-order valence-corrected chi connectivity index (χ4v) is 4.71. The summed E-state index contributed by atoms with van der Waals surface area (Å²) in [6.45, 7) is 6.25. The summed E-state index contributed by atoms with van der Waals surface area (Å²) in [4.78, 5) is 4.98. The molecule has 4 atom stereocenters. The zero-order valence-electron chi connectivity index (χ0n) is 19.9. The van der Waals surface area contributed by atoms with Gasteiger partial charge < -0.3 is 30.0 Å². The van der Waals surface area contributed by atoms with Crippen molar-refractivity contribution >= 4 is 16.7 Å². The maximum atomic E-state index is 9.97. The van der Waals surface area contributed by atoms with Crippen LogP contribution in [0.3, 0.4) is 0 Å². The summed E-state index contributed by atoms with van der Waals surface area (Å²) >= 11 is 0. The summed E-state index contributed by atoms with van der Waals surface area (Å²) in [5.74, 6) is 1.03. The van der Waals surface area contributed by atoms with E-state index in [4.69, 9.17) is 19.2 Å². The van der Waals surface area contributed by atoms with E-state index in [1.807, 2.05) is 35.1 Å². The van der Waals surface area contributed by atoms with Crippen LogP contribution in [-0.4, -0.2) is 71.7 Å². The van der Waals surface area contributed by atoms with Gasteiger partial charge in [0, 0.05) is 29.8 Å². The van der Waals surface area contributed by atoms with Crippen LogP contribution in [0.2, 0.25) is 0 Å². The molecule has 0 aliphatic carbocycles. The summed E-state index contributed by atoms with van der Waals surface area (Å²) in [7, 11) is 1.80. The number of aliphatic hydroxyl groups excluding tert-OH is 1. The SMILES string of the molecule is CNCC(O)COc1cccc(-c2cc(NC3COC4OCCC34)c3cnn(C(C)C)c3n2)c1. The molecule has 3 aromatic rings. The fourth-order valence-electron chi connectivity index (χ4n) is 4.71. The van der Waals surface area contributed by atoms with Gasteiger partial charge in [-0.25, -0.2) is 9.67 Å². The van der Waals surface area contributed by atoms with E-state index in [1.165, 1.54) is 0 Å². The molecule has 5 rings (SSSR count). The zero-order chi connectivity index (χ0) is 23.7. The van der Waals surface area contributed by atoms with Crippen LogP contribution < -0.4 is 15.4 Å². The quantitative estimate of drug-likeness (QED) is 0.442. The lowest BCUT2D eigenvalue weighted by Crippen LogP contribution is -2.29. The predicted molar refractivity (Wildman–Crippen MR) is 130 cm³/mol. The Morgan fingerprint density at radius 2 is 2.15 bits per heavy atom. The van der Waals surface area contributed by atoms with Gasteiger partial charge in [0.15, 0.2) is 11.9 Å². The first kappa shape index (κ1) is 23.0. The van der Waals surface area contributed by atoms with Crippen molar-refractivity contribution in [1.82, 2.24) is 20.1 Å². The Morgan fingerprint density at radius 1 is 1.26 bits per heavy atom. The minimum Gasteiger partial charge on any atom is -0.491 e. The normalized spacial score (nSPS) is 22.9. The van der Waals surface area contributed by atoms with E-state index in [-0.39, 0.29) is 25.0 Å². The molecule has 4 heterocycles. The van der Waals surface area contributed by atoms with Crippen LogP contribution in [0.5, 0.6) is 5.75 Å². The monoisotopic (exact) mass is 467 g/mol. The molecule has 2 saturated heterocycles. The number of anilines is 1. The fraction of sp³-hybridized carbons (Fsp3) is 0.520. The van der Waals surface area contributed by atoms with Crippen molar-refractivity contribution in [3.63, 3.8) is 0 Å².